The number of para-hydroxylation sites is 2. The van der Waals surface area contributed by atoms with Crippen LogP contribution >= 0.6 is 0 Å². The third-order valence-electron chi connectivity index (χ3n) is 4.57. The predicted molar refractivity (Wildman–Crippen MR) is 99.0 cm³/mol. The molecular formula is C19H20N6O. The van der Waals surface area contributed by atoms with Crippen molar-refractivity contribution in [1.29, 1.82) is 0 Å². The lowest BCUT2D eigenvalue weighted by Crippen LogP contribution is -2.48. The number of anilines is 1. The topological polar surface area (TPSA) is 83.9 Å². The maximum Gasteiger partial charge on any atom is 0.271 e. The molecule has 132 valence electrons. The highest BCUT2D eigenvalue weighted by atomic mass is 16.2. The molecule has 0 radical (unpaired) electrons. The molecule has 0 spiro atoms. The van der Waals surface area contributed by atoms with Crippen LogP contribution < -0.4 is 10.2 Å². The molecule has 0 bridgehead atoms. The summed E-state index contributed by atoms with van der Waals surface area (Å²) in [7, 11) is 0. The summed E-state index contributed by atoms with van der Waals surface area (Å²) in [4.78, 5) is 32.0. The Bertz CT molecular complexity index is 930. The summed E-state index contributed by atoms with van der Waals surface area (Å²) in [5.74, 6) is 0.702. The monoisotopic (exact) mass is 348 g/mol. The van der Waals surface area contributed by atoms with Gasteiger partial charge in [0.15, 0.2) is 5.82 Å². The molecule has 3 aromatic rings. The van der Waals surface area contributed by atoms with Crippen LogP contribution in [0.1, 0.15) is 29.0 Å². The number of benzene rings is 1. The normalized spacial score (nSPS) is 17.3. The van der Waals surface area contributed by atoms with Crippen molar-refractivity contribution >= 4 is 22.8 Å². The van der Waals surface area contributed by atoms with E-state index in [1.165, 1.54) is 12.4 Å². The van der Waals surface area contributed by atoms with Gasteiger partial charge in [-0.05, 0) is 31.9 Å². The minimum Gasteiger partial charge on any atom is -0.353 e. The van der Waals surface area contributed by atoms with Crippen molar-refractivity contribution in [2.75, 3.05) is 18.0 Å². The number of nitrogens with one attached hydrogen (secondary N) is 1. The lowest BCUT2D eigenvalue weighted by Gasteiger charge is -2.34. The number of piperidine rings is 1. The maximum absolute atomic E-state index is 12.3. The molecule has 2 aromatic heterocycles. The molecule has 1 fully saturated rings. The van der Waals surface area contributed by atoms with E-state index in [2.05, 4.69) is 25.2 Å². The van der Waals surface area contributed by atoms with Crippen molar-refractivity contribution in [3.8, 4) is 0 Å². The Hall–Kier alpha value is -3.09. The number of aryl methyl sites for hydroxylation is 1. The minimum atomic E-state index is -0.189. The first-order valence-corrected chi connectivity index (χ1v) is 8.76. The van der Waals surface area contributed by atoms with Gasteiger partial charge in [0.1, 0.15) is 5.69 Å². The fourth-order valence-corrected chi connectivity index (χ4v) is 3.34. The van der Waals surface area contributed by atoms with E-state index in [-0.39, 0.29) is 11.9 Å². The maximum atomic E-state index is 12.3. The number of hydrogen-bond acceptors (Lipinski definition) is 6. The molecule has 1 aromatic carbocycles. The van der Waals surface area contributed by atoms with Crippen molar-refractivity contribution < 1.29 is 4.79 Å². The lowest BCUT2D eigenvalue weighted by molar-refractivity contribution is 0.0927. The molecule has 1 unspecified atom stereocenters. The summed E-state index contributed by atoms with van der Waals surface area (Å²) in [6.07, 6.45) is 6.48. The Morgan fingerprint density at radius 1 is 1.19 bits per heavy atom. The second kappa shape index (κ2) is 7.03. The highest BCUT2D eigenvalue weighted by Gasteiger charge is 2.24. The fraction of sp³-hybridized carbons (Fsp3) is 0.316. The standard InChI is InChI=1S/C19H20N6O/c1-13-18(24-16-7-3-2-6-15(16)22-13)25-10-4-5-14(12-25)23-19(26)17-11-20-8-9-21-17/h2-3,6-9,11,14H,4-5,10,12H2,1H3,(H,23,26). The third kappa shape index (κ3) is 3.33. The Morgan fingerprint density at radius 2 is 2.00 bits per heavy atom. The number of hydrogen-bond donors (Lipinski definition) is 1. The molecule has 3 heterocycles. The minimum absolute atomic E-state index is 0.0472. The summed E-state index contributed by atoms with van der Waals surface area (Å²) in [6.45, 7) is 3.60. The predicted octanol–water partition coefficient (Wildman–Crippen LogP) is 2.13. The molecule has 1 aliphatic heterocycles. The summed E-state index contributed by atoms with van der Waals surface area (Å²) in [6, 6.07) is 7.93. The van der Waals surface area contributed by atoms with E-state index in [0.717, 1.165) is 41.9 Å². The van der Waals surface area contributed by atoms with Crippen LogP contribution in [-0.4, -0.2) is 45.0 Å². The van der Waals surface area contributed by atoms with Crippen molar-refractivity contribution in [1.82, 2.24) is 25.3 Å². The molecule has 7 nitrogen and oxygen atoms in total. The van der Waals surface area contributed by atoms with Gasteiger partial charge in [-0.15, -0.1) is 0 Å². The smallest absolute Gasteiger partial charge is 0.271 e. The number of aromatic nitrogens is 4. The summed E-state index contributed by atoms with van der Waals surface area (Å²) in [5, 5.41) is 3.06. The summed E-state index contributed by atoms with van der Waals surface area (Å²) in [5.41, 5.74) is 3.04. The molecule has 4 rings (SSSR count). The third-order valence-corrected chi connectivity index (χ3v) is 4.57. The van der Waals surface area contributed by atoms with E-state index in [9.17, 15) is 4.79 Å². The highest BCUT2D eigenvalue weighted by molar-refractivity contribution is 5.92. The van der Waals surface area contributed by atoms with Gasteiger partial charge in [-0.1, -0.05) is 12.1 Å². The van der Waals surface area contributed by atoms with Gasteiger partial charge >= 0.3 is 0 Å². The quantitative estimate of drug-likeness (QED) is 0.781. The Morgan fingerprint density at radius 3 is 2.77 bits per heavy atom. The summed E-state index contributed by atoms with van der Waals surface area (Å²) >= 11 is 0. The van der Waals surface area contributed by atoms with Gasteiger partial charge in [-0.2, -0.15) is 0 Å². The zero-order chi connectivity index (χ0) is 17.9. The van der Waals surface area contributed by atoms with Gasteiger partial charge in [-0.3, -0.25) is 9.78 Å². The van der Waals surface area contributed by atoms with Gasteiger partial charge in [0, 0.05) is 31.5 Å². The molecule has 7 heteroatoms. The van der Waals surface area contributed by atoms with Gasteiger partial charge in [-0.25, -0.2) is 15.0 Å². The number of carbonyl (C=O) groups excluding carboxylic acids is 1. The molecule has 1 aliphatic rings. The van der Waals surface area contributed by atoms with E-state index in [4.69, 9.17) is 4.98 Å². The van der Waals surface area contributed by atoms with Crippen molar-refractivity contribution in [2.45, 2.75) is 25.8 Å². The second-order valence-corrected chi connectivity index (χ2v) is 6.47. The molecule has 1 amide bonds. The van der Waals surface area contributed by atoms with Gasteiger partial charge in [0.25, 0.3) is 5.91 Å². The first-order valence-electron chi connectivity index (χ1n) is 8.76. The Labute approximate surface area is 151 Å². The number of amides is 1. The molecule has 1 saturated heterocycles. The molecule has 0 aliphatic carbocycles. The van der Waals surface area contributed by atoms with E-state index >= 15 is 0 Å². The van der Waals surface area contributed by atoms with Crippen LogP contribution in [0.2, 0.25) is 0 Å². The molecule has 1 atom stereocenters. The fourth-order valence-electron chi connectivity index (χ4n) is 3.34. The van der Waals surface area contributed by atoms with Crippen LogP contribution in [0.4, 0.5) is 5.82 Å². The summed E-state index contributed by atoms with van der Waals surface area (Å²) < 4.78 is 0. The average Bonchev–Trinajstić information content (AvgIpc) is 2.68. The Balaban J connectivity index is 1.52. The zero-order valence-electron chi connectivity index (χ0n) is 14.6. The van der Waals surface area contributed by atoms with E-state index in [1.54, 1.807) is 6.20 Å². The van der Waals surface area contributed by atoms with E-state index in [0.29, 0.717) is 12.2 Å². The van der Waals surface area contributed by atoms with Crippen LogP contribution in [0, 0.1) is 6.92 Å². The first-order chi connectivity index (χ1) is 12.7. The van der Waals surface area contributed by atoms with Gasteiger partial charge < -0.3 is 10.2 Å². The zero-order valence-corrected chi connectivity index (χ0v) is 14.6. The average molecular weight is 348 g/mol. The van der Waals surface area contributed by atoms with Crippen molar-refractivity contribution in [3.05, 3.63) is 54.2 Å². The lowest BCUT2D eigenvalue weighted by atomic mass is 10.1. The second-order valence-electron chi connectivity index (χ2n) is 6.47. The Kier molecular flexibility index (Phi) is 4.43. The van der Waals surface area contributed by atoms with Crippen LogP contribution in [0.5, 0.6) is 0 Å². The van der Waals surface area contributed by atoms with Crippen molar-refractivity contribution in [3.63, 3.8) is 0 Å². The van der Waals surface area contributed by atoms with Crippen LogP contribution in [-0.2, 0) is 0 Å². The van der Waals surface area contributed by atoms with Gasteiger partial charge in [0.2, 0.25) is 0 Å². The number of nitrogens with zero attached hydrogens (tertiary/aromatic N) is 5. The number of rotatable bonds is 3. The highest BCUT2D eigenvalue weighted by Crippen LogP contribution is 2.23. The largest absolute Gasteiger partial charge is 0.353 e. The van der Waals surface area contributed by atoms with Crippen LogP contribution in [0.25, 0.3) is 11.0 Å². The number of carbonyl (C=O) groups is 1. The van der Waals surface area contributed by atoms with E-state index < -0.39 is 0 Å². The molecular weight excluding hydrogens is 328 g/mol. The van der Waals surface area contributed by atoms with Gasteiger partial charge in [0.05, 0.1) is 22.9 Å². The van der Waals surface area contributed by atoms with Crippen molar-refractivity contribution in [2.24, 2.45) is 0 Å². The molecule has 26 heavy (non-hydrogen) atoms. The van der Waals surface area contributed by atoms with Crippen LogP contribution in [0.3, 0.4) is 0 Å². The molecule has 1 N–H and O–H groups in total. The van der Waals surface area contributed by atoms with Crippen LogP contribution in [0.15, 0.2) is 42.9 Å². The number of fused-ring (bicyclic) bond motifs is 1. The SMILES string of the molecule is Cc1nc2ccccc2nc1N1CCCC(NC(=O)c2cnccn2)C1. The first kappa shape index (κ1) is 16.4. The molecule has 0 saturated carbocycles. The van der Waals surface area contributed by atoms with E-state index in [1.807, 2.05) is 31.2 Å².